The van der Waals surface area contributed by atoms with Gasteiger partial charge in [-0.25, -0.2) is 9.67 Å². The second kappa shape index (κ2) is 7.32. The molecule has 1 aromatic carbocycles. The molecule has 0 saturated carbocycles. The van der Waals surface area contributed by atoms with Gasteiger partial charge in [0.1, 0.15) is 0 Å². The van der Waals surface area contributed by atoms with E-state index in [1.54, 1.807) is 41.2 Å². The first kappa shape index (κ1) is 18.0. The number of nitrogens with zero attached hydrogens (tertiary/aromatic N) is 4. The maximum Gasteiger partial charge on any atom is 0.257 e. The lowest BCUT2D eigenvalue weighted by Gasteiger charge is -2.13. The Bertz CT molecular complexity index is 1130. The Labute approximate surface area is 167 Å². The maximum atomic E-state index is 12.7. The molecule has 1 N–H and O–H groups in total. The quantitative estimate of drug-likeness (QED) is 0.553. The minimum absolute atomic E-state index is 0.247. The van der Waals surface area contributed by atoms with E-state index in [2.05, 4.69) is 15.4 Å². The molecule has 0 aliphatic rings. The van der Waals surface area contributed by atoms with E-state index in [-0.39, 0.29) is 5.91 Å². The molecule has 1 amide bonds. The van der Waals surface area contributed by atoms with Crippen LogP contribution in [0.1, 0.15) is 21.7 Å². The number of amides is 1. The molecule has 3 aromatic heterocycles. The molecule has 6 nitrogen and oxygen atoms in total. The summed E-state index contributed by atoms with van der Waals surface area (Å²) in [6.07, 6.45) is 5.34. The van der Waals surface area contributed by atoms with Crippen molar-refractivity contribution in [1.29, 1.82) is 0 Å². The van der Waals surface area contributed by atoms with Crippen LogP contribution >= 0.6 is 11.6 Å². The Morgan fingerprint density at radius 1 is 1.07 bits per heavy atom. The number of aromatic nitrogens is 4. The highest BCUT2D eigenvalue weighted by Crippen LogP contribution is 2.25. The van der Waals surface area contributed by atoms with Crippen LogP contribution in [0.5, 0.6) is 0 Å². The third-order valence-electron chi connectivity index (χ3n) is 4.33. The van der Waals surface area contributed by atoms with Crippen LogP contribution in [-0.2, 0) is 0 Å². The molecule has 0 fully saturated rings. The standard InChI is InChI=1S/C21H18ClN5O/c1-14-11-15(2)27(25-14)20-8-5-16(13-23-20)21(28)24-18-7-6-17(22)12-19(18)26-9-3-4-10-26/h3-13H,1-2H3,(H,24,28). The molecular weight excluding hydrogens is 374 g/mol. The molecule has 0 spiro atoms. The molecule has 3 heterocycles. The zero-order chi connectivity index (χ0) is 19.7. The molecule has 7 heteroatoms. The minimum Gasteiger partial charge on any atom is -0.322 e. The molecule has 4 rings (SSSR count). The molecule has 0 bridgehead atoms. The topological polar surface area (TPSA) is 64.7 Å². The van der Waals surface area contributed by atoms with E-state index in [1.165, 1.54) is 0 Å². The Morgan fingerprint density at radius 2 is 1.86 bits per heavy atom. The van der Waals surface area contributed by atoms with Gasteiger partial charge in [-0.15, -0.1) is 0 Å². The number of hydrogen-bond acceptors (Lipinski definition) is 3. The molecule has 0 radical (unpaired) electrons. The van der Waals surface area contributed by atoms with E-state index in [0.29, 0.717) is 22.1 Å². The monoisotopic (exact) mass is 391 g/mol. The molecule has 4 aromatic rings. The molecule has 0 saturated heterocycles. The van der Waals surface area contributed by atoms with E-state index in [9.17, 15) is 4.79 Å². The molecule has 0 aliphatic heterocycles. The third kappa shape index (κ3) is 3.54. The fourth-order valence-corrected chi connectivity index (χ4v) is 3.19. The van der Waals surface area contributed by atoms with Gasteiger partial charge in [-0.05, 0) is 62.4 Å². The van der Waals surface area contributed by atoms with Crippen molar-refractivity contribution in [3.63, 3.8) is 0 Å². The first-order valence-electron chi connectivity index (χ1n) is 8.75. The van der Waals surface area contributed by atoms with Crippen LogP contribution in [-0.4, -0.2) is 25.2 Å². The number of carbonyl (C=O) groups is 1. The third-order valence-corrected chi connectivity index (χ3v) is 4.56. The van der Waals surface area contributed by atoms with Gasteiger partial charge in [0.25, 0.3) is 5.91 Å². The zero-order valence-electron chi connectivity index (χ0n) is 15.4. The van der Waals surface area contributed by atoms with Crippen LogP contribution in [0.3, 0.4) is 0 Å². The summed E-state index contributed by atoms with van der Waals surface area (Å²) in [6.45, 7) is 3.89. The summed E-state index contributed by atoms with van der Waals surface area (Å²) in [7, 11) is 0. The normalized spacial score (nSPS) is 10.8. The number of anilines is 1. The van der Waals surface area contributed by atoms with E-state index in [1.807, 2.05) is 49.0 Å². The van der Waals surface area contributed by atoms with Gasteiger partial charge in [-0.3, -0.25) is 4.79 Å². The van der Waals surface area contributed by atoms with E-state index in [0.717, 1.165) is 17.1 Å². The second-order valence-electron chi connectivity index (χ2n) is 6.45. The summed E-state index contributed by atoms with van der Waals surface area (Å²) in [6, 6.07) is 14.7. The number of carbonyl (C=O) groups excluding carboxylic acids is 1. The fourth-order valence-electron chi connectivity index (χ4n) is 3.02. The van der Waals surface area contributed by atoms with Crippen molar-refractivity contribution >= 4 is 23.2 Å². The molecule has 0 aliphatic carbocycles. The summed E-state index contributed by atoms with van der Waals surface area (Å²) in [5.74, 6) is 0.421. The number of hydrogen-bond donors (Lipinski definition) is 1. The van der Waals surface area contributed by atoms with Crippen molar-refractivity contribution in [2.24, 2.45) is 0 Å². The number of pyridine rings is 1. The van der Waals surface area contributed by atoms with Gasteiger partial charge in [0.05, 0.1) is 22.6 Å². The molecule has 140 valence electrons. The summed E-state index contributed by atoms with van der Waals surface area (Å²) in [4.78, 5) is 17.1. The van der Waals surface area contributed by atoms with Gasteiger partial charge >= 0.3 is 0 Å². The average molecular weight is 392 g/mol. The lowest BCUT2D eigenvalue weighted by Crippen LogP contribution is -2.14. The molecule has 28 heavy (non-hydrogen) atoms. The number of nitrogens with one attached hydrogen (secondary N) is 1. The Hall–Kier alpha value is -3.38. The largest absolute Gasteiger partial charge is 0.322 e. The Kier molecular flexibility index (Phi) is 4.71. The van der Waals surface area contributed by atoms with Crippen LogP contribution in [0.25, 0.3) is 11.5 Å². The van der Waals surface area contributed by atoms with Gasteiger partial charge in [0, 0.05) is 29.3 Å². The second-order valence-corrected chi connectivity index (χ2v) is 6.89. The van der Waals surface area contributed by atoms with Gasteiger partial charge in [0.2, 0.25) is 0 Å². The molecule has 0 unspecified atom stereocenters. The summed E-state index contributed by atoms with van der Waals surface area (Å²) in [5, 5.41) is 7.94. The lowest BCUT2D eigenvalue weighted by molar-refractivity contribution is 0.102. The first-order chi connectivity index (χ1) is 13.5. The van der Waals surface area contributed by atoms with Crippen LogP contribution < -0.4 is 5.32 Å². The van der Waals surface area contributed by atoms with Crippen molar-refractivity contribution in [1.82, 2.24) is 19.3 Å². The number of benzene rings is 1. The SMILES string of the molecule is Cc1cc(C)n(-c2ccc(C(=O)Nc3ccc(Cl)cc3-n3cccc3)cn2)n1. The van der Waals surface area contributed by atoms with Gasteiger partial charge in [0.15, 0.2) is 5.82 Å². The van der Waals surface area contributed by atoms with Gasteiger partial charge in [-0.2, -0.15) is 5.10 Å². The average Bonchev–Trinajstić information content (AvgIpc) is 3.33. The fraction of sp³-hybridized carbons (Fsp3) is 0.0952. The zero-order valence-corrected chi connectivity index (χ0v) is 16.2. The van der Waals surface area contributed by atoms with Gasteiger partial charge < -0.3 is 9.88 Å². The van der Waals surface area contributed by atoms with Crippen LogP contribution in [0.2, 0.25) is 5.02 Å². The maximum absolute atomic E-state index is 12.7. The lowest BCUT2D eigenvalue weighted by atomic mass is 10.2. The van der Waals surface area contributed by atoms with E-state index >= 15 is 0 Å². The van der Waals surface area contributed by atoms with Crippen LogP contribution in [0.4, 0.5) is 5.69 Å². The van der Waals surface area contributed by atoms with Crippen molar-refractivity contribution < 1.29 is 4.79 Å². The van der Waals surface area contributed by atoms with Crippen LogP contribution in [0, 0.1) is 13.8 Å². The highest BCUT2D eigenvalue weighted by molar-refractivity contribution is 6.31. The minimum atomic E-state index is -0.247. The smallest absolute Gasteiger partial charge is 0.257 e. The van der Waals surface area contributed by atoms with Crippen molar-refractivity contribution in [2.45, 2.75) is 13.8 Å². The number of halogens is 1. The summed E-state index contributed by atoms with van der Waals surface area (Å²) < 4.78 is 3.64. The summed E-state index contributed by atoms with van der Waals surface area (Å²) in [5.41, 5.74) is 3.81. The Morgan fingerprint density at radius 3 is 2.50 bits per heavy atom. The first-order valence-corrected chi connectivity index (χ1v) is 9.13. The number of rotatable bonds is 4. The van der Waals surface area contributed by atoms with Crippen molar-refractivity contribution in [2.75, 3.05) is 5.32 Å². The predicted molar refractivity (Wildman–Crippen MR) is 110 cm³/mol. The van der Waals surface area contributed by atoms with E-state index in [4.69, 9.17) is 11.6 Å². The predicted octanol–water partition coefficient (Wildman–Crippen LogP) is 4.58. The van der Waals surface area contributed by atoms with Gasteiger partial charge in [-0.1, -0.05) is 11.6 Å². The van der Waals surface area contributed by atoms with Crippen molar-refractivity contribution in [3.05, 3.63) is 89.1 Å². The molecule has 0 atom stereocenters. The van der Waals surface area contributed by atoms with E-state index < -0.39 is 0 Å². The summed E-state index contributed by atoms with van der Waals surface area (Å²) >= 11 is 6.13. The molecular formula is C21H18ClN5O. The highest BCUT2D eigenvalue weighted by atomic mass is 35.5. The highest BCUT2D eigenvalue weighted by Gasteiger charge is 2.12. The Balaban J connectivity index is 1.59. The van der Waals surface area contributed by atoms with Crippen LogP contribution in [0.15, 0.2) is 67.1 Å². The number of aryl methyl sites for hydroxylation is 2. The van der Waals surface area contributed by atoms with Crippen molar-refractivity contribution in [3.8, 4) is 11.5 Å².